The van der Waals surface area contributed by atoms with E-state index in [2.05, 4.69) is 4.98 Å². The van der Waals surface area contributed by atoms with Crippen molar-refractivity contribution in [1.82, 2.24) is 9.29 Å². The van der Waals surface area contributed by atoms with Gasteiger partial charge in [-0.1, -0.05) is 32.0 Å². The van der Waals surface area contributed by atoms with Gasteiger partial charge in [0.2, 0.25) is 10.0 Å². The molecule has 1 heterocycles. The fourth-order valence-electron chi connectivity index (χ4n) is 3.08. The molecule has 0 aliphatic heterocycles. The minimum Gasteiger partial charge on any atom is -0.497 e. The predicted octanol–water partition coefficient (Wildman–Crippen LogP) is 4.89. The third-order valence-corrected chi connectivity index (χ3v) is 7.35. The van der Waals surface area contributed by atoms with Gasteiger partial charge < -0.3 is 9.47 Å². The highest BCUT2D eigenvalue weighted by molar-refractivity contribution is 7.89. The molecule has 0 atom stereocenters. The number of hydrogen-bond donors (Lipinski definition) is 0. The average Bonchev–Trinajstić information content (AvgIpc) is 3.20. The zero-order valence-corrected chi connectivity index (χ0v) is 19.9. The van der Waals surface area contributed by atoms with Crippen molar-refractivity contribution >= 4 is 21.4 Å². The molecule has 0 fully saturated rings. The van der Waals surface area contributed by atoms with Gasteiger partial charge in [-0.25, -0.2) is 13.4 Å². The monoisotopic (exact) mass is 460 g/mol. The summed E-state index contributed by atoms with van der Waals surface area (Å²) in [6.45, 7) is 6.97. The maximum absolute atomic E-state index is 13.3. The summed E-state index contributed by atoms with van der Waals surface area (Å²) in [6, 6.07) is 14.3. The summed E-state index contributed by atoms with van der Waals surface area (Å²) in [5.41, 5.74) is 1.78. The number of thiazole rings is 1. The Bertz CT molecular complexity index is 1090. The molecule has 31 heavy (non-hydrogen) atoms. The number of nitrogens with zero attached hydrogens (tertiary/aromatic N) is 2. The van der Waals surface area contributed by atoms with E-state index >= 15 is 0 Å². The van der Waals surface area contributed by atoms with E-state index in [1.807, 2.05) is 50.4 Å². The van der Waals surface area contributed by atoms with Crippen LogP contribution in [0.1, 0.15) is 30.1 Å². The maximum atomic E-state index is 13.3. The van der Waals surface area contributed by atoms with Crippen LogP contribution in [0.5, 0.6) is 11.5 Å². The molecule has 0 amide bonds. The van der Waals surface area contributed by atoms with Gasteiger partial charge in [-0.15, -0.1) is 11.3 Å². The van der Waals surface area contributed by atoms with Crippen LogP contribution in [0.2, 0.25) is 0 Å². The van der Waals surface area contributed by atoms with Crippen LogP contribution in [0.4, 0.5) is 0 Å². The van der Waals surface area contributed by atoms with Crippen molar-refractivity contribution in [2.24, 2.45) is 5.92 Å². The molecule has 0 aliphatic carbocycles. The summed E-state index contributed by atoms with van der Waals surface area (Å²) in [4.78, 5) is 4.85. The average molecular weight is 461 g/mol. The normalized spacial score (nSPS) is 11.8. The molecule has 2 aromatic carbocycles. The lowest BCUT2D eigenvalue weighted by Crippen LogP contribution is -2.34. The van der Waals surface area contributed by atoms with Crippen LogP contribution in [0.25, 0.3) is 0 Å². The molecular weight excluding hydrogens is 432 g/mol. The Morgan fingerprint density at radius 1 is 1.10 bits per heavy atom. The number of benzene rings is 2. The van der Waals surface area contributed by atoms with E-state index in [1.54, 1.807) is 31.4 Å². The second kappa shape index (κ2) is 10.3. The van der Waals surface area contributed by atoms with Gasteiger partial charge in [0.05, 0.1) is 24.2 Å². The fraction of sp³-hybridized carbons (Fsp3) is 0.348. The Labute approximate surface area is 188 Å². The number of aryl methyl sites for hydroxylation is 1. The maximum Gasteiger partial charge on any atom is 0.243 e. The van der Waals surface area contributed by atoms with Crippen LogP contribution in [0.15, 0.2) is 58.8 Å². The van der Waals surface area contributed by atoms with Crippen molar-refractivity contribution in [3.05, 3.63) is 70.2 Å². The largest absolute Gasteiger partial charge is 0.497 e. The third kappa shape index (κ3) is 6.06. The quantitative estimate of drug-likeness (QED) is 0.431. The second-order valence-corrected chi connectivity index (χ2v) is 10.5. The van der Waals surface area contributed by atoms with Crippen LogP contribution in [0.3, 0.4) is 0 Å². The number of aromatic nitrogens is 1. The molecule has 0 bridgehead atoms. The van der Waals surface area contributed by atoms with Crippen molar-refractivity contribution in [2.75, 3.05) is 13.7 Å². The molecule has 0 radical (unpaired) electrons. The van der Waals surface area contributed by atoms with Gasteiger partial charge in [0.1, 0.15) is 23.1 Å². The topological polar surface area (TPSA) is 68.7 Å². The minimum atomic E-state index is -3.66. The van der Waals surface area contributed by atoms with E-state index in [0.717, 1.165) is 16.3 Å². The van der Waals surface area contributed by atoms with Crippen LogP contribution in [-0.4, -0.2) is 31.4 Å². The molecule has 0 spiro atoms. The summed E-state index contributed by atoms with van der Waals surface area (Å²) < 4.78 is 39.0. The number of methoxy groups -OCH3 is 1. The summed E-state index contributed by atoms with van der Waals surface area (Å²) in [7, 11) is -2.11. The highest BCUT2D eigenvalue weighted by Crippen LogP contribution is 2.24. The molecule has 166 valence electrons. The van der Waals surface area contributed by atoms with Gasteiger partial charge >= 0.3 is 0 Å². The molecule has 0 unspecified atom stereocenters. The number of rotatable bonds is 10. The lowest BCUT2D eigenvalue weighted by atomic mass is 10.2. The molecule has 6 nitrogen and oxygen atoms in total. The summed E-state index contributed by atoms with van der Waals surface area (Å²) in [5, 5.41) is 2.71. The lowest BCUT2D eigenvalue weighted by Gasteiger charge is -2.23. The van der Waals surface area contributed by atoms with Crippen LogP contribution < -0.4 is 9.47 Å². The van der Waals surface area contributed by atoms with E-state index in [9.17, 15) is 8.42 Å². The fourth-order valence-corrected chi connectivity index (χ4v) is 5.35. The van der Waals surface area contributed by atoms with E-state index in [-0.39, 0.29) is 17.4 Å². The van der Waals surface area contributed by atoms with Gasteiger partial charge in [0.15, 0.2) is 0 Å². The van der Waals surface area contributed by atoms with E-state index in [1.165, 1.54) is 15.6 Å². The first-order chi connectivity index (χ1) is 14.8. The van der Waals surface area contributed by atoms with Gasteiger partial charge in [-0.05, 0) is 48.7 Å². The molecule has 3 aromatic rings. The van der Waals surface area contributed by atoms with Crippen LogP contribution in [0, 0.1) is 12.8 Å². The molecule has 0 saturated heterocycles. The highest BCUT2D eigenvalue weighted by Gasteiger charge is 2.26. The first kappa shape index (κ1) is 23.2. The Morgan fingerprint density at radius 2 is 1.81 bits per heavy atom. The summed E-state index contributed by atoms with van der Waals surface area (Å²) >= 11 is 1.47. The number of ether oxygens (including phenoxy) is 2. The first-order valence-electron chi connectivity index (χ1n) is 10.1. The van der Waals surface area contributed by atoms with Crippen molar-refractivity contribution in [3.8, 4) is 11.5 Å². The summed E-state index contributed by atoms with van der Waals surface area (Å²) in [6.07, 6.45) is 0. The van der Waals surface area contributed by atoms with Crippen molar-refractivity contribution < 1.29 is 17.9 Å². The molecule has 0 N–H and O–H groups in total. The Balaban J connectivity index is 1.74. The van der Waals surface area contributed by atoms with Crippen molar-refractivity contribution in [2.45, 2.75) is 38.8 Å². The molecular formula is C23H28N2O4S2. The van der Waals surface area contributed by atoms with Gasteiger partial charge in [-0.2, -0.15) is 4.31 Å². The predicted molar refractivity (Wildman–Crippen MR) is 123 cm³/mol. The lowest BCUT2D eigenvalue weighted by molar-refractivity contribution is 0.302. The standard InChI is InChI=1S/C23H28N2O4S2/c1-17(2)13-25(31(26,27)21-11-9-20(28-4)10-12-21)14-19-16-30-23(24-19)15-29-22-8-6-5-7-18(22)3/h5-12,16-17H,13-15H2,1-4H3. The van der Waals surface area contributed by atoms with Crippen molar-refractivity contribution in [1.29, 1.82) is 0 Å². The van der Waals surface area contributed by atoms with Crippen LogP contribution in [-0.2, 0) is 23.2 Å². The Morgan fingerprint density at radius 3 is 2.45 bits per heavy atom. The molecule has 8 heteroatoms. The molecule has 3 rings (SSSR count). The number of para-hydroxylation sites is 1. The molecule has 1 aromatic heterocycles. The minimum absolute atomic E-state index is 0.176. The zero-order valence-electron chi connectivity index (χ0n) is 18.2. The van der Waals surface area contributed by atoms with Gasteiger partial charge in [0, 0.05) is 11.9 Å². The van der Waals surface area contributed by atoms with E-state index in [4.69, 9.17) is 9.47 Å². The molecule has 0 saturated carbocycles. The second-order valence-electron chi connectivity index (χ2n) is 7.65. The SMILES string of the molecule is COc1ccc(S(=O)(=O)N(Cc2csc(COc3ccccc3C)n2)CC(C)C)cc1. The van der Waals surface area contributed by atoms with Crippen molar-refractivity contribution in [3.63, 3.8) is 0 Å². The zero-order chi connectivity index (χ0) is 22.4. The number of hydrogen-bond acceptors (Lipinski definition) is 6. The third-order valence-electron chi connectivity index (χ3n) is 4.65. The van der Waals surface area contributed by atoms with Crippen LogP contribution >= 0.6 is 11.3 Å². The van der Waals surface area contributed by atoms with E-state index in [0.29, 0.717) is 24.6 Å². The Kier molecular flexibility index (Phi) is 7.69. The van der Waals surface area contributed by atoms with Gasteiger partial charge in [0.25, 0.3) is 0 Å². The smallest absolute Gasteiger partial charge is 0.243 e. The highest BCUT2D eigenvalue weighted by atomic mass is 32.2. The number of sulfonamides is 1. The first-order valence-corrected chi connectivity index (χ1v) is 12.4. The van der Waals surface area contributed by atoms with Gasteiger partial charge in [-0.3, -0.25) is 0 Å². The Hall–Kier alpha value is -2.42. The molecule has 0 aliphatic rings. The summed E-state index contributed by atoms with van der Waals surface area (Å²) in [5.74, 6) is 1.62. The van der Waals surface area contributed by atoms with E-state index < -0.39 is 10.0 Å².